The molecule has 3 aromatic heterocycles. The molecule has 0 spiro atoms. The minimum Gasteiger partial charge on any atom is -0.453 e. The molecule has 8 heteroatoms. The van der Waals surface area contributed by atoms with Crippen LogP contribution < -0.4 is 5.32 Å². The van der Waals surface area contributed by atoms with Crippen molar-refractivity contribution in [2.45, 2.75) is 6.92 Å². The second kappa shape index (κ2) is 5.72. The molecule has 3 heterocycles. The van der Waals surface area contributed by atoms with Crippen LogP contribution in [0.15, 0.2) is 35.3 Å². The normalized spacial score (nSPS) is 10.7. The Balaban J connectivity index is 1.99. The number of methoxy groups -OCH3 is 1. The van der Waals surface area contributed by atoms with Crippen LogP contribution in [0, 0.1) is 6.92 Å². The van der Waals surface area contributed by atoms with Crippen LogP contribution >= 0.6 is 15.9 Å². The van der Waals surface area contributed by atoms with Crippen LogP contribution in [-0.4, -0.2) is 32.6 Å². The first kappa shape index (κ1) is 14.5. The summed E-state index contributed by atoms with van der Waals surface area (Å²) in [4.78, 5) is 24.0. The molecule has 7 nitrogen and oxygen atoms in total. The van der Waals surface area contributed by atoms with E-state index in [0.717, 1.165) is 27.2 Å². The summed E-state index contributed by atoms with van der Waals surface area (Å²) >= 11 is 3.38. The van der Waals surface area contributed by atoms with Gasteiger partial charge in [0.25, 0.3) is 0 Å². The summed E-state index contributed by atoms with van der Waals surface area (Å²) in [5.41, 5.74) is 3.38. The number of anilines is 1. The van der Waals surface area contributed by atoms with E-state index >= 15 is 0 Å². The fourth-order valence-corrected chi connectivity index (χ4v) is 2.56. The average molecular weight is 362 g/mol. The summed E-state index contributed by atoms with van der Waals surface area (Å²) < 4.78 is 7.20. The smallest absolute Gasteiger partial charge is 0.412 e. The lowest BCUT2D eigenvalue weighted by atomic mass is 10.2. The average Bonchev–Trinajstić information content (AvgIpc) is 2.92. The van der Waals surface area contributed by atoms with E-state index in [1.54, 1.807) is 18.5 Å². The van der Waals surface area contributed by atoms with Gasteiger partial charge in [-0.2, -0.15) is 0 Å². The SMILES string of the molecule is COC(=O)Nc1ccc(-c2cnc3c(C)nc(Br)cn23)cn1. The number of imidazole rings is 1. The van der Waals surface area contributed by atoms with E-state index in [4.69, 9.17) is 0 Å². The lowest BCUT2D eigenvalue weighted by molar-refractivity contribution is 0.187. The third-order valence-electron chi connectivity index (χ3n) is 3.11. The Morgan fingerprint density at radius 2 is 2.14 bits per heavy atom. The zero-order valence-electron chi connectivity index (χ0n) is 11.9. The van der Waals surface area contributed by atoms with Crippen molar-refractivity contribution in [1.29, 1.82) is 0 Å². The molecule has 3 rings (SSSR count). The summed E-state index contributed by atoms with van der Waals surface area (Å²) in [5, 5.41) is 2.51. The van der Waals surface area contributed by atoms with Crippen molar-refractivity contribution in [1.82, 2.24) is 19.4 Å². The molecule has 0 radical (unpaired) electrons. The number of hydrogen-bond donors (Lipinski definition) is 1. The summed E-state index contributed by atoms with van der Waals surface area (Å²) in [6, 6.07) is 3.56. The summed E-state index contributed by atoms with van der Waals surface area (Å²) in [7, 11) is 1.30. The largest absolute Gasteiger partial charge is 0.453 e. The number of hydrogen-bond acceptors (Lipinski definition) is 5. The zero-order chi connectivity index (χ0) is 15.7. The van der Waals surface area contributed by atoms with Gasteiger partial charge >= 0.3 is 6.09 Å². The number of halogens is 1. The molecule has 0 saturated carbocycles. The van der Waals surface area contributed by atoms with Gasteiger partial charge in [-0.3, -0.25) is 9.72 Å². The van der Waals surface area contributed by atoms with Crippen LogP contribution in [0.3, 0.4) is 0 Å². The Kier molecular flexibility index (Phi) is 3.76. The Morgan fingerprint density at radius 1 is 1.32 bits per heavy atom. The number of fused-ring (bicyclic) bond motifs is 1. The number of nitrogens with zero attached hydrogens (tertiary/aromatic N) is 4. The number of ether oxygens (including phenoxy) is 1. The molecule has 0 saturated heterocycles. The first-order chi connectivity index (χ1) is 10.6. The van der Waals surface area contributed by atoms with Crippen LogP contribution in [0.25, 0.3) is 16.9 Å². The molecule has 0 unspecified atom stereocenters. The van der Waals surface area contributed by atoms with Crippen LogP contribution in [-0.2, 0) is 4.74 Å². The van der Waals surface area contributed by atoms with Crippen LogP contribution in [0.4, 0.5) is 10.6 Å². The fourth-order valence-electron chi connectivity index (χ4n) is 2.09. The van der Waals surface area contributed by atoms with Crippen molar-refractivity contribution >= 4 is 33.5 Å². The van der Waals surface area contributed by atoms with Crippen molar-refractivity contribution in [3.63, 3.8) is 0 Å². The standard InChI is InChI=1S/C14H12BrN5O2/c1-8-13-17-6-10(20(13)7-11(15)18-8)9-3-4-12(16-5-9)19-14(21)22-2/h3-7H,1-2H3,(H,16,19,21). The highest BCUT2D eigenvalue weighted by Gasteiger charge is 2.10. The van der Waals surface area contributed by atoms with Gasteiger partial charge < -0.3 is 4.74 Å². The van der Waals surface area contributed by atoms with Crippen LogP contribution in [0.5, 0.6) is 0 Å². The molecule has 0 bridgehead atoms. The highest BCUT2D eigenvalue weighted by molar-refractivity contribution is 9.10. The molecular weight excluding hydrogens is 350 g/mol. The summed E-state index contributed by atoms with van der Waals surface area (Å²) in [6.07, 6.45) is 4.73. The summed E-state index contributed by atoms with van der Waals surface area (Å²) in [5.74, 6) is 0.420. The topological polar surface area (TPSA) is 81.4 Å². The first-order valence-corrected chi connectivity index (χ1v) is 7.19. The molecule has 0 aliphatic heterocycles. The Bertz CT molecular complexity index is 844. The highest BCUT2D eigenvalue weighted by Crippen LogP contribution is 2.23. The quantitative estimate of drug-likeness (QED) is 0.758. The van der Waals surface area contributed by atoms with Gasteiger partial charge in [0.1, 0.15) is 10.4 Å². The minimum atomic E-state index is -0.555. The maximum absolute atomic E-state index is 11.1. The molecule has 22 heavy (non-hydrogen) atoms. The van der Waals surface area contributed by atoms with E-state index in [2.05, 4.69) is 40.9 Å². The predicted octanol–water partition coefficient (Wildman–Crippen LogP) is 3.04. The Labute approximate surface area is 134 Å². The van der Waals surface area contributed by atoms with Gasteiger partial charge in [0.15, 0.2) is 5.65 Å². The predicted molar refractivity (Wildman–Crippen MR) is 84.7 cm³/mol. The van der Waals surface area contributed by atoms with E-state index in [1.807, 2.05) is 23.6 Å². The molecule has 1 amide bonds. The van der Waals surface area contributed by atoms with Crippen molar-refractivity contribution in [2.24, 2.45) is 0 Å². The number of nitrogens with one attached hydrogen (secondary N) is 1. The molecule has 0 atom stereocenters. The van der Waals surface area contributed by atoms with E-state index in [1.165, 1.54) is 7.11 Å². The van der Waals surface area contributed by atoms with Gasteiger partial charge in [-0.25, -0.2) is 19.7 Å². The minimum absolute atomic E-state index is 0.420. The number of rotatable bonds is 2. The van der Waals surface area contributed by atoms with Crippen molar-refractivity contribution in [3.05, 3.63) is 41.0 Å². The van der Waals surface area contributed by atoms with Gasteiger partial charge in [-0.1, -0.05) is 0 Å². The lowest BCUT2D eigenvalue weighted by Crippen LogP contribution is -2.11. The number of pyridine rings is 1. The Morgan fingerprint density at radius 3 is 2.82 bits per heavy atom. The Hall–Kier alpha value is -2.48. The lowest BCUT2D eigenvalue weighted by Gasteiger charge is -2.06. The van der Waals surface area contributed by atoms with E-state index in [0.29, 0.717) is 5.82 Å². The van der Waals surface area contributed by atoms with Crippen LogP contribution in [0.2, 0.25) is 0 Å². The van der Waals surface area contributed by atoms with Crippen molar-refractivity contribution in [2.75, 3.05) is 12.4 Å². The van der Waals surface area contributed by atoms with Crippen LogP contribution in [0.1, 0.15) is 5.69 Å². The first-order valence-electron chi connectivity index (χ1n) is 6.40. The van der Waals surface area contributed by atoms with Crippen molar-refractivity contribution < 1.29 is 9.53 Å². The zero-order valence-corrected chi connectivity index (χ0v) is 13.5. The fraction of sp³-hybridized carbons (Fsp3) is 0.143. The van der Waals surface area contributed by atoms with E-state index in [9.17, 15) is 4.79 Å². The molecule has 112 valence electrons. The van der Waals surface area contributed by atoms with Gasteiger partial charge in [0, 0.05) is 18.0 Å². The number of aryl methyl sites for hydroxylation is 1. The number of carbonyl (C=O) groups is 1. The molecular formula is C14H12BrN5O2. The van der Waals surface area contributed by atoms with E-state index < -0.39 is 6.09 Å². The second-order valence-electron chi connectivity index (χ2n) is 4.53. The van der Waals surface area contributed by atoms with E-state index in [-0.39, 0.29) is 0 Å². The highest BCUT2D eigenvalue weighted by atomic mass is 79.9. The monoisotopic (exact) mass is 361 g/mol. The van der Waals surface area contributed by atoms with Gasteiger partial charge in [-0.15, -0.1) is 0 Å². The van der Waals surface area contributed by atoms with Gasteiger partial charge in [-0.05, 0) is 35.0 Å². The molecule has 3 aromatic rings. The number of carbonyl (C=O) groups excluding carboxylic acids is 1. The second-order valence-corrected chi connectivity index (χ2v) is 5.35. The maximum atomic E-state index is 11.1. The molecule has 0 aliphatic rings. The van der Waals surface area contributed by atoms with Crippen molar-refractivity contribution in [3.8, 4) is 11.3 Å². The molecule has 1 N–H and O–H groups in total. The maximum Gasteiger partial charge on any atom is 0.412 e. The number of amides is 1. The molecule has 0 aromatic carbocycles. The molecule has 0 fully saturated rings. The van der Waals surface area contributed by atoms with Gasteiger partial charge in [0.05, 0.1) is 24.7 Å². The number of aromatic nitrogens is 4. The summed E-state index contributed by atoms with van der Waals surface area (Å²) in [6.45, 7) is 1.90. The van der Waals surface area contributed by atoms with Gasteiger partial charge in [0.2, 0.25) is 0 Å². The third-order valence-corrected chi connectivity index (χ3v) is 3.49. The molecule has 0 aliphatic carbocycles. The third kappa shape index (κ3) is 2.64.